The Labute approximate surface area is 167 Å². The zero-order valence-corrected chi connectivity index (χ0v) is 17.5. The lowest BCUT2D eigenvalue weighted by Crippen LogP contribution is -2.50. The monoisotopic (exact) mass is 470 g/mol. The van der Waals surface area contributed by atoms with Gasteiger partial charge in [0.1, 0.15) is 4.21 Å². The SMILES string of the molecule is Cc1noc2ncc(C(=O)N3CCN(S(=O)(=O)c4ccc(Br)s4)CC3)cc12. The van der Waals surface area contributed by atoms with Gasteiger partial charge in [-0.15, -0.1) is 11.3 Å². The third-order valence-corrected chi connectivity index (χ3v) is 8.42. The molecule has 1 amide bonds. The summed E-state index contributed by atoms with van der Waals surface area (Å²) in [4.78, 5) is 18.5. The van der Waals surface area contributed by atoms with Gasteiger partial charge in [-0.2, -0.15) is 4.31 Å². The van der Waals surface area contributed by atoms with Crippen molar-refractivity contribution in [1.82, 2.24) is 19.3 Å². The van der Waals surface area contributed by atoms with E-state index in [1.54, 1.807) is 30.0 Å². The van der Waals surface area contributed by atoms with Crippen molar-refractivity contribution < 1.29 is 17.7 Å². The third kappa shape index (κ3) is 3.40. The number of rotatable bonds is 3. The molecule has 1 aliphatic rings. The summed E-state index contributed by atoms with van der Waals surface area (Å²) < 4.78 is 32.9. The van der Waals surface area contributed by atoms with Crippen LogP contribution < -0.4 is 0 Å². The lowest BCUT2D eigenvalue weighted by molar-refractivity contribution is 0.0698. The number of carbonyl (C=O) groups excluding carboxylic acids is 1. The molecule has 8 nitrogen and oxygen atoms in total. The molecule has 0 aromatic carbocycles. The molecule has 0 N–H and O–H groups in total. The molecule has 0 atom stereocenters. The van der Waals surface area contributed by atoms with Crippen molar-refractivity contribution >= 4 is 54.3 Å². The van der Waals surface area contributed by atoms with Crippen LogP contribution in [0.25, 0.3) is 11.1 Å². The fourth-order valence-corrected chi connectivity index (χ4v) is 6.53. The third-order valence-electron chi connectivity index (χ3n) is 4.43. The minimum absolute atomic E-state index is 0.180. The molecular formula is C16H15BrN4O4S2. The maximum absolute atomic E-state index is 12.8. The van der Waals surface area contributed by atoms with Gasteiger partial charge in [-0.1, -0.05) is 5.16 Å². The van der Waals surface area contributed by atoms with Crippen molar-refractivity contribution in [3.8, 4) is 0 Å². The number of halogens is 1. The molecule has 4 rings (SSSR count). The van der Waals surface area contributed by atoms with Crippen LogP contribution in [-0.4, -0.2) is 59.8 Å². The Hall–Kier alpha value is -1.82. The van der Waals surface area contributed by atoms with Gasteiger partial charge in [-0.05, 0) is 41.1 Å². The predicted octanol–water partition coefficient (Wildman–Crippen LogP) is 2.50. The number of aromatic nitrogens is 2. The van der Waals surface area contributed by atoms with Gasteiger partial charge in [-0.3, -0.25) is 4.79 Å². The Kier molecular flexibility index (Phi) is 4.78. The molecule has 3 aromatic heterocycles. The van der Waals surface area contributed by atoms with Gasteiger partial charge in [0.15, 0.2) is 0 Å². The maximum atomic E-state index is 12.8. The molecule has 1 fully saturated rings. The first-order chi connectivity index (χ1) is 12.9. The molecule has 0 spiro atoms. The summed E-state index contributed by atoms with van der Waals surface area (Å²) in [5.74, 6) is -0.180. The number of aryl methyl sites for hydroxylation is 1. The number of piperazine rings is 1. The van der Waals surface area contributed by atoms with E-state index in [4.69, 9.17) is 4.52 Å². The van der Waals surface area contributed by atoms with Gasteiger partial charge < -0.3 is 9.42 Å². The van der Waals surface area contributed by atoms with Crippen LogP contribution in [-0.2, 0) is 10.0 Å². The Morgan fingerprint density at radius 1 is 1.26 bits per heavy atom. The molecule has 11 heteroatoms. The summed E-state index contributed by atoms with van der Waals surface area (Å²) in [7, 11) is -3.53. The van der Waals surface area contributed by atoms with Gasteiger partial charge in [0.25, 0.3) is 21.6 Å². The molecule has 0 radical (unpaired) electrons. The molecule has 3 aromatic rings. The average molecular weight is 471 g/mol. The molecule has 4 heterocycles. The van der Waals surface area contributed by atoms with Crippen molar-refractivity contribution in [2.75, 3.05) is 26.2 Å². The zero-order chi connectivity index (χ0) is 19.2. The van der Waals surface area contributed by atoms with E-state index in [1.165, 1.54) is 21.8 Å². The first-order valence-corrected chi connectivity index (χ1v) is 11.2. The van der Waals surface area contributed by atoms with Gasteiger partial charge in [0, 0.05) is 32.4 Å². The van der Waals surface area contributed by atoms with Gasteiger partial charge in [-0.25, -0.2) is 13.4 Å². The first-order valence-electron chi connectivity index (χ1n) is 8.13. The van der Waals surface area contributed by atoms with Crippen molar-refractivity contribution in [3.05, 3.63) is 39.4 Å². The highest BCUT2D eigenvalue weighted by Crippen LogP contribution is 2.29. The van der Waals surface area contributed by atoms with Crippen LogP contribution in [0.1, 0.15) is 16.1 Å². The van der Waals surface area contributed by atoms with Crippen molar-refractivity contribution in [2.24, 2.45) is 0 Å². The van der Waals surface area contributed by atoms with Crippen LogP contribution in [0.5, 0.6) is 0 Å². The number of sulfonamides is 1. The average Bonchev–Trinajstić information content (AvgIpc) is 3.27. The molecule has 0 aliphatic carbocycles. The normalized spacial score (nSPS) is 16.1. The van der Waals surface area contributed by atoms with Crippen LogP contribution >= 0.6 is 27.3 Å². The number of hydrogen-bond donors (Lipinski definition) is 0. The fraction of sp³-hybridized carbons (Fsp3) is 0.312. The summed E-state index contributed by atoms with van der Waals surface area (Å²) in [5, 5.41) is 4.54. The molecule has 0 saturated carbocycles. The predicted molar refractivity (Wildman–Crippen MR) is 103 cm³/mol. The summed E-state index contributed by atoms with van der Waals surface area (Å²) in [6.07, 6.45) is 1.46. The summed E-state index contributed by atoms with van der Waals surface area (Å²) >= 11 is 4.47. The van der Waals surface area contributed by atoms with Gasteiger partial charge in [0.05, 0.1) is 20.4 Å². The molecule has 1 aliphatic heterocycles. The van der Waals surface area contributed by atoms with E-state index < -0.39 is 10.0 Å². The minimum atomic E-state index is -3.53. The Morgan fingerprint density at radius 3 is 2.67 bits per heavy atom. The standard InChI is InChI=1S/C16H15BrN4O4S2/c1-10-12-8-11(9-18-15(12)25-19-10)16(22)20-4-6-21(7-5-20)27(23,24)14-3-2-13(17)26-14/h2-3,8-9H,4-7H2,1H3. The molecule has 142 valence electrons. The van der Waals surface area contributed by atoms with E-state index in [-0.39, 0.29) is 19.0 Å². The smallest absolute Gasteiger partial charge is 0.257 e. The number of fused-ring (bicyclic) bond motifs is 1. The lowest BCUT2D eigenvalue weighted by atomic mass is 10.2. The fourth-order valence-electron chi connectivity index (χ4n) is 2.94. The van der Waals surface area contributed by atoms with Gasteiger partial charge in [0.2, 0.25) is 0 Å². The number of amides is 1. The maximum Gasteiger partial charge on any atom is 0.257 e. The largest absolute Gasteiger partial charge is 0.336 e. The molecular weight excluding hydrogens is 456 g/mol. The quantitative estimate of drug-likeness (QED) is 0.583. The van der Waals surface area contributed by atoms with Crippen molar-refractivity contribution in [3.63, 3.8) is 0 Å². The van der Waals surface area contributed by atoms with Crippen LogP contribution in [0, 0.1) is 6.92 Å². The van der Waals surface area contributed by atoms with Crippen molar-refractivity contribution in [2.45, 2.75) is 11.1 Å². The van der Waals surface area contributed by atoms with Gasteiger partial charge >= 0.3 is 0 Å². The minimum Gasteiger partial charge on any atom is -0.336 e. The number of hydrogen-bond acceptors (Lipinski definition) is 7. The second-order valence-corrected chi connectivity index (χ2v) is 10.7. The lowest BCUT2D eigenvalue weighted by Gasteiger charge is -2.33. The molecule has 1 saturated heterocycles. The van der Waals surface area contributed by atoms with Crippen LogP contribution in [0.3, 0.4) is 0 Å². The zero-order valence-electron chi connectivity index (χ0n) is 14.3. The highest BCUT2D eigenvalue weighted by Gasteiger charge is 2.31. The molecule has 0 unspecified atom stereocenters. The summed E-state index contributed by atoms with van der Waals surface area (Å²) in [6.45, 7) is 2.95. The molecule has 27 heavy (non-hydrogen) atoms. The van der Waals surface area contributed by atoms with Crippen LogP contribution in [0.2, 0.25) is 0 Å². The van der Waals surface area contributed by atoms with Crippen LogP contribution in [0.4, 0.5) is 0 Å². The first kappa shape index (κ1) is 18.5. The van der Waals surface area contributed by atoms with E-state index in [0.717, 1.165) is 3.79 Å². The second-order valence-electron chi connectivity index (χ2n) is 6.10. The van der Waals surface area contributed by atoms with Crippen LogP contribution in [0.15, 0.2) is 36.9 Å². The Bertz CT molecular complexity index is 1120. The number of nitrogens with zero attached hydrogens (tertiary/aromatic N) is 4. The van der Waals surface area contributed by atoms with E-state index in [9.17, 15) is 13.2 Å². The Balaban J connectivity index is 1.48. The highest BCUT2D eigenvalue weighted by molar-refractivity contribution is 9.11. The summed E-state index contributed by atoms with van der Waals surface area (Å²) in [6, 6.07) is 5.01. The topological polar surface area (TPSA) is 96.6 Å². The van der Waals surface area contributed by atoms with Crippen molar-refractivity contribution in [1.29, 1.82) is 0 Å². The van der Waals surface area contributed by atoms with E-state index >= 15 is 0 Å². The number of pyridine rings is 1. The van der Waals surface area contributed by atoms with E-state index in [1.807, 2.05) is 0 Å². The number of carbonyl (C=O) groups is 1. The second kappa shape index (κ2) is 6.97. The highest BCUT2D eigenvalue weighted by atomic mass is 79.9. The molecule has 0 bridgehead atoms. The van der Waals surface area contributed by atoms with E-state index in [0.29, 0.717) is 39.7 Å². The van der Waals surface area contributed by atoms with E-state index in [2.05, 4.69) is 26.1 Å². The number of thiophene rings is 1. The Morgan fingerprint density at radius 2 is 2.00 bits per heavy atom. The summed E-state index contributed by atoms with van der Waals surface area (Å²) in [5.41, 5.74) is 1.50.